The molecule has 0 aliphatic carbocycles. The van der Waals surface area contributed by atoms with Crippen molar-refractivity contribution in [1.82, 2.24) is 4.72 Å². The van der Waals surface area contributed by atoms with Crippen molar-refractivity contribution >= 4 is 33.1 Å². The van der Waals surface area contributed by atoms with E-state index >= 15 is 0 Å². The third-order valence-electron chi connectivity index (χ3n) is 3.24. The van der Waals surface area contributed by atoms with E-state index in [-0.39, 0.29) is 10.6 Å². The van der Waals surface area contributed by atoms with Crippen molar-refractivity contribution in [3.8, 4) is 0 Å². The zero-order chi connectivity index (χ0) is 17.9. The number of sulfonamides is 1. The number of carbonyl (C=O) groups is 1. The van der Waals surface area contributed by atoms with Crippen LogP contribution in [0.5, 0.6) is 0 Å². The van der Waals surface area contributed by atoms with Gasteiger partial charge in [0.05, 0.1) is 9.82 Å². The van der Waals surface area contributed by atoms with Crippen LogP contribution in [0.3, 0.4) is 0 Å². The lowest BCUT2D eigenvalue weighted by Gasteiger charge is -2.16. The summed E-state index contributed by atoms with van der Waals surface area (Å²) in [5.74, 6) is -0.400. The van der Waals surface area contributed by atoms with Gasteiger partial charge in [-0.25, -0.2) is 8.42 Å². The van der Waals surface area contributed by atoms with Crippen LogP contribution in [0, 0.1) is 10.1 Å². The van der Waals surface area contributed by atoms with Gasteiger partial charge in [0, 0.05) is 17.2 Å². The Kier molecular flexibility index (Phi) is 5.33. The van der Waals surface area contributed by atoms with Gasteiger partial charge in [0.1, 0.15) is 6.04 Å². The molecule has 0 unspecified atom stereocenters. The van der Waals surface area contributed by atoms with Crippen LogP contribution in [0.1, 0.15) is 18.5 Å². The van der Waals surface area contributed by atoms with E-state index in [0.717, 1.165) is 24.3 Å². The number of rotatable bonds is 6. The van der Waals surface area contributed by atoms with Gasteiger partial charge in [0.2, 0.25) is 10.0 Å². The first-order valence-corrected chi connectivity index (χ1v) is 8.59. The number of non-ortho nitro benzene ring substituents is 1. The lowest BCUT2D eigenvalue weighted by molar-refractivity contribution is -0.384. The van der Waals surface area contributed by atoms with E-state index in [9.17, 15) is 23.3 Å². The molecule has 0 aliphatic rings. The van der Waals surface area contributed by atoms with E-state index in [2.05, 4.69) is 4.72 Å². The molecule has 0 saturated carbocycles. The summed E-state index contributed by atoms with van der Waals surface area (Å²) in [4.78, 5) is 21.7. The number of Topliss-reactive ketones (excluding diaryl/α,β-unsaturated/α-hetero) is 1. The summed E-state index contributed by atoms with van der Waals surface area (Å²) < 4.78 is 27.1. The first-order chi connectivity index (χ1) is 11.2. The Hall–Kier alpha value is -2.29. The van der Waals surface area contributed by atoms with Crippen molar-refractivity contribution < 1.29 is 18.1 Å². The number of nitrogens with zero attached hydrogens (tertiary/aromatic N) is 1. The first-order valence-electron chi connectivity index (χ1n) is 6.73. The molecule has 2 rings (SSSR count). The third kappa shape index (κ3) is 4.16. The second kappa shape index (κ2) is 7.08. The van der Waals surface area contributed by atoms with Crippen molar-refractivity contribution in [1.29, 1.82) is 0 Å². The summed E-state index contributed by atoms with van der Waals surface area (Å²) in [6.45, 7) is 1.26. The van der Waals surface area contributed by atoms with Crippen molar-refractivity contribution in [2.75, 3.05) is 0 Å². The highest BCUT2D eigenvalue weighted by atomic mass is 35.5. The molecule has 2 aromatic rings. The Labute approximate surface area is 143 Å². The number of ketones is 1. The number of hydrogen-bond acceptors (Lipinski definition) is 5. The number of benzene rings is 2. The number of nitro groups is 1. The van der Waals surface area contributed by atoms with E-state index in [1.54, 1.807) is 24.3 Å². The van der Waals surface area contributed by atoms with Crippen LogP contribution in [0.15, 0.2) is 53.4 Å². The van der Waals surface area contributed by atoms with Crippen LogP contribution in [0.25, 0.3) is 0 Å². The van der Waals surface area contributed by atoms with E-state index in [4.69, 9.17) is 11.6 Å². The second-order valence-corrected chi connectivity index (χ2v) is 7.12. The summed E-state index contributed by atoms with van der Waals surface area (Å²) in [7, 11) is -4.03. The fourth-order valence-corrected chi connectivity index (χ4v) is 3.38. The van der Waals surface area contributed by atoms with Crippen LogP contribution >= 0.6 is 11.6 Å². The van der Waals surface area contributed by atoms with E-state index < -0.39 is 26.8 Å². The molecule has 0 heterocycles. The number of nitro benzene ring substituents is 1. The van der Waals surface area contributed by atoms with Crippen molar-refractivity contribution in [2.24, 2.45) is 0 Å². The largest absolute Gasteiger partial charge is 0.298 e. The molecule has 126 valence electrons. The molecular formula is C15H13ClN2O5S. The first kappa shape index (κ1) is 18.1. The molecule has 0 aromatic heterocycles. The van der Waals surface area contributed by atoms with Crippen LogP contribution in [0.4, 0.5) is 5.69 Å². The average molecular weight is 369 g/mol. The van der Waals surface area contributed by atoms with Crippen LogP contribution in [-0.4, -0.2) is 19.1 Å². The van der Waals surface area contributed by atoms with Crippen LogP contribution in [-0.2, 0) is 14.8 Å². The fourth-order valence-electron chi connectivity index (χ4n) is 2.01. The van der Waals surface area contributed by atoms with Gasteiger partial charge in [-0.15, -0.1) is 0 Å². The van der Waals surface area contributed by atoms with Gasteiger partial charge in [-0.3, -0.25) is 14.9 Å². The molecule has 7 nitrogen and oxygen atoms in total. The number of carbonyl (C=O) groups excluding carboxylic acids is 1. The lowest BCUT2D eigenvalue weighted by atomic mass is 10.1. The molecule has 24 heavy (non-hydrogen) atoms. The monoisotopic (exact) mass is 368 g/mol. The van der Waals surface area contributed by atoms with Gasteiger partial charge < -0.3 is 0 Å². The highest BCUT2D eigenvalue weighted by Gasteiger charge is 2.25. The van der Waals surface area contributed by atoms with Gasteiger partial charge in [0.15, 0.2) is 5.78 Å². The van der Waals surface area contributed by atoms with Crippen LogP contribution in [0.2, 0.25) is 5.02 Å². The molecule has 9 heteroatoms. The van der Waals surface area contributed by atoms with E-state index in [0.29, 0.717) is 10.6 Å². The summed E-state index contributed by atoms with van der Waals surface area (Å²) in [6, 6.07) is 9.50. The van der Waals surface area contributed by atoms with Gasteiger partial charge >= 0.3 is 0 Å². The predicted molar refractivity (Wildman–Crippen MR) is 88.3 cm³/mol. The molecule has 0 fully saturated rings. The summed E-state index contributed by atoms with van der Waals surface area (Å²) in [6.07, 6.45) is 0. The highest BCUT2D eigenvalue weighted by molar-refractivity contribution is 7.89. The molecule has 0 saturated heterocycles. The highest BCUT2D eigenvalue weighted by Crippen LogP contribution is 2.21. The summed E-state index contributed by atoms with van der Waals surface area (Å²) in [5.41, 5.74) is 0.215. The number of nitrogens with one attached hydrogen (secondary N) is 1. The summed E-state index contributed by atoms with van der Waals surface area (Å²) >= 11 is 5.79. The predicted octanol–water partition coefficient (Wildman–Crippen LogP) is 2.86. The van der Waals surface area contributed by atoms with Gasteiger partial charge in [-0.2, -0.15) is 4.72 Å². The molecule has 1 atom stereocenters. The van der Waals surface area contributed by atoms with Crippen LogP contribution < -0.4 is 4.72 Å². The minimum absolute atomic E-state index is 0.173. The van der Waals surface area contributed by atoms with Crippen molar-refractivity contribution in [3.63, 3.8) is 0 Å². The molecule has 1 N–H and O–H groups in total. The average Bonchev–Trinajstić information content (AvgIpc) is 2.53. The second-order valence-electron chi connectivity index (χ2n) is 4.97. The zero-order valence-electron chi connectivity index (χ0n) is 12.5. The molecular weight excluding hydrogens is 356 g/mol. The quantitative estimate of drug-likeness (QED) is 0.623. The summed E-state index contributed by atoms with van der Waals surface area (Å²) in [5, 5.41) is 11.1. The minimum atomic E-state index is -4.03. The van der Waals surface area contributed by atoms with Gasteiger partial charge in [-0.05, 0) is 36.8 Å². The minimum Gasteiger partial charge on any atom is -0.298 e. The fraction of sp³-hybridized carbons (Fsp3) is 0.133. The smallest absolute Gasteiger partial charge is 0.269 e. The molecule has 0 radical (unpaired) electrons. The van der Waals surface area contributed by atoms with E-state index in [1.807, 2.05) is 0 Å². The topological polar surface area (TPSA) is 106 Å². The normalized spacial score (nSPS) is 12.6. The molecule has 0 aliphatic heterocycles. The Morgan fingerprint density at radius 1 is 1.12 bits per heavy atom. The van der Waals surface area contributed by atoms with E-state index in [1.165, 1.54) is 6.92 Å². The molecule has 2 aromatic carbocycles. The van der Waals surface area contributed by atoms with Crippen molar-refractivity contribution in [2.45, 2.75) is 17.9 Å². The van der Waals surface area contributed by atoms with Crippen molar-refractivity contribution in [3.05, 3.63) is 69.2 Å². The maximum atomic E-state index is 12.4. The number of hydrogen-bond donors (Lipinski definition) is 1. The Balaban J connectivity index is 2.32. The third-order valence-corrected chi connectivity index (χ3v) is 4.93. The molecule has 0 bridgehead atoms. The standard InChI is InChI=1S/C15H13ClN2O5S/c1-10(19)15(11-2-4-12(16)5-3-11)17-24(22,23)14-8-6-13(7-9-14)18(20)21/h2-9,15,17H,1H3/t15-/m0/s1. The maximum Gasteiger partial charge on any atom is 0.269 e. The Morgan fingerprint density at radius 2 is 1.67 bits per heavy atom. The van der Waals surface area contributed by atoms with Gasteiger partial charge in [-0.1, -0.05) is 23.7 Å². The maximum absolute atomic E-state index is 12.4. The lowest BCUT2D eigenvalue weighted by Crippen LogP contribution is -2.32. The molecule has 0 amide bonds. The Morgan fingerprint density at radius 3 is 2.12 bits per heavy atom. The molecule has 0 spiro atoms. The van der Waals surface area contributed by atoms with Gasteiger partial charge in [0.25, 0.3) is 5.69 Å². The number of halogens is 1. The zero-order valence-corrected chi connectivity index (χ0v) is 14.0. The SMILES string of the molecule is CC(=O)[C@H](NS(=O)(=O)c1ccc([N+](=O)[O-])cc1)c1ccc(Cl)cc1. The Bertz CT molecular complexity index is 864.